The van der Waals surface area contributed by atoms with Gasteiger partial charge in [-0.1, -0.05) is 17.7 Å². The highest BCUT2D eigenvalue weighted by molar-refractivity contribution is 5.60. The minimum Gasteiger partial charge on any atom is -0.371 e. The smallest absolute Gasteiger partial charge is 0.0425 e. The van der Waals surface area contributed by atoms with Crippen LogP contribution in [0.5, 0.6) is 0 Å². The molecule has 0 amide bonds. The summed E-state index contributed by atoms with van der Waals surface area (Å²) in [5, 5.41) is 3.78. The van der Waals surface area contributed by atoms with Gasteiger partial charge in [-0.25, -0.2) is 0 Å². The zero-order valence-electron chi connectivity index (χ0n) is 12.5. The highest BCUT2D eigenvalue weighted by Gasteiger charge is 2.27. The summed E-state index contributed by atoms with van der Waals surface area (Å²) in [5.74, 6) is 0. The van der Waals surface area contributed by atoms with Crippen molar-refractivity contribution in [3.8, 4) is 0 Å². The molecule has 1 aliphatic heterocycles. The van der Waals surface area contributed by atoms with Crippen LogP contribution < -0.4 is 10.2 Å². The number of anilines is 1. The van der Waals surface area contributed by atoms with Crippen molar-refractivity contribution in [2.75, 3.05) is 18.0 Å². The zero-order valence-corrected chi connectivity index (χ0v) is 12.5. The first-order valence-corrected chi connectivity index (χ1v) is 7.72. The highest BCUT2D eigenvalue weighted by atomic mass is 15.2. The maximum absolute atomic E-state index is 3.78. The lowest BCUT2D eigenvalue weighted by molar-refractivity contribution is 0.412. The molecule has 1 aromatic rings. The summed E-state index contributed by atoms with van der Waals surface area (Å²) < 4.78 is 0. The highest BCUT2D eigenvalue weighted by Crippen LogP contribution is 2.29. The molecule has 0 spiro atoms. The third kappa shape index (κ3) is 2.94. The number of nitrogens with one attached hydrogen (secondary N) is 1. The lowest BCUT2D eigenvalue weighted by Gasteiger charge is -2.36. The number of hydrogen-bond acceptors (Lipinski definition) is 2. The fraction of sp³-hybridized carbons (Fsp3) is 0.647. The van der Waals surface area contributed by atoms with Crippen molar-refractivity contribution in [1.29, 1.82) is 0 Å². The Morgan fingerprint density at radius 2 is 1.42 bits per heavy atom. The molecular weight excluding hydrogens is 232 g/mol. The molecule has 0 bridgehead atoms. The largest absolute Gasteiger partial charge is 0.371 e. The molecule has 1 aliphatic carbocycles. The van der Waals surface area contributed by atoms with Crippen molar-refractivity contribution in [2.24, 2.45) is 0 Å². The molecular formula is C17H26N2. The Hall–Kier alpha value is -1.02. The third-order valence-corrected chi connectivity index (χ3v) is 4.50. The Bertz CT molecular complexity index is 431. The van der Waals surface area contributed by atoms with Crippen molar-refractivity contribution in [3.63, 3.8) is 0 Å². The molecule has 0 radical (unpaired) electrons. The van der Waals surface area contributed by atoms with Crippen LogP contribution in [0.4, 0.5) is 5.69 Å². The van der Waals surface area contributed by atoms with Gasteiger partial charge in [-0.3, -0.25) is 0 Å². The maximum atomic E-state index is 3.78. The minimum absolute atomic E-state index is 0.759. The van der Waals surface area contributed by atoms with E-state index in [1.54, 1.807) is 0 Å². The van der Waals surface area contributed by atoms with Gasteiger partial charge in [-0.15, -0.1) is 0 Å². The topological polar surface area (TPSA) is 15.3 Å². The number of aryl methyl sites for hydroxylation is 3. The second-order valence-corrected chi connectivity index (χ2v) is 6.45. The maximum Gasteiger partial charge on any atom is 0.0425 e. The first kappa shape index (κ1) is 13.0. The van der Waals surface area contributed by atoms with Gasteiger partial charge in [0, 0.05) is 30.9 Å². The molecule has 1 aromatic carbocycles. The van der Waals surface area contributed by atoms with E-state index in [-0.39, 0.29) is 0 Å². The van der Waals surface area contributed by atoms with Gasteiger partial charge in [0.1, 0.15) is 0 Å². The van der Waals surface area contributed by atoms with Crippen LogP contribution in [0, 0.1) is 20.8 Å². The summed E-state index contributed by atoms with van der Waals surface area (Å²) >= 11 is 0. The fourth-order valence-corrected chi connectivity index (χ4v) is 3.52. The number of hydrogen-bond donors (Lipinski definition) is 1. The van der Waals surface area contributed by atoms with Crippen molar-refractivity contribution < 1.29 is 0 Å². The lowest BCUT2D eigenvalue weighted by atomic mass is 9.99. The zero-order chi connectivity index (χ0) is 13.4. The van der Waals surface area contributed by atoms with Gasteiger partial charge in [0.15, 0.2) is 0 Å². The van der Waals surface area contributed by atoms with Crippen LogP contribution in [0.15, 0.2) is 12.1 Å². The average Bonchev–Trinajstić information content (AvgIpc) is 3.14. The van der Waals surface area contributed by atoms with Gasteiger partial charge in [0.2, 0.25) is 0 Å². The summed E-state index contributed by atoms with van der Waals surface area (Å²) in [6, 6.07) is 6.24. The predicted octanol–water partition coefficient (Wildman–Crippen LogP) is 3.33. The molecule has 2 heteroatoms. The van der Waals surface area contributed by atoms with E-state index in [9.17, 15) is 0 Å². The molecule has 0 aromatic heterocycles. The van der Waals surface area contributed by atoms with Crippen molar-refractivity contribution in [2.45, 2.75) is 58.5 Å². The van der Waals surface area contributed by atoms with Gasteiger partial charge in [0.05, 0.1) is 0 Å². The molecule has 0 atom stereocenters. The van der Waals surface area contributed by atoms with Crippen LogP contribution in [0.3, 0.4) is 0 Å². The number of nitrogens with zero attached hydrogens (tertiary/aromatic N) is 1. The summed E-state index contributed by atoms with van der Waals surface area (Å²) in [7, 11) is 0. The van der Waals surface area contributed by atoms with Crippen molar-refractivity contribution in [3.05, 3.63) is 28.8 Å². The van der Waals surface area contributed by atoms with Crippen LogP contribution >= 0.6 is 0 Å². The summed E-state index contributed by atoms with van der Waals surface area (Å²) in [6.07, 6.45) is 5.39. The molecule has 2 aliphatic rings. The molecule has 1 N–H and O–H groups in total. The predicted molar refractivity (Wildman–Crippen MR) is 82.0 cm³/mol. The van der Waals surface area contributed by atoms with Crippen LogP contribution in [-0.2, 0) is 0 Å². The van der Waals surface area contributed by atoms with Crippen LogP contribution in [0.2, 0.25) is 0 Å². The van der Waals surface area contributed by atoms with Gasteiger partial charge < -0.3 is 10.2 Å². The van der Waals surface area contributed by atoms with Crippen LogP contribution in [0.1, 0.15) is 42.4 Å². The van der Waals surface area contributed by atoms with Gasteiger partial charge in [-0.05, 0) is 57.6 Å². The van der Waals surface area contributed by atoms with E-state index in [1.807, 2.05) is 0 Å². The van der Waals surface area contributed by atoms with Crippen molar-refractivity contribution in [1.82, 2.24) is 5.32 Å². The quantitative estimate of drug-likeness (QED) is 0.894. The Morgan fingerprint density at radius 1 is 0.895 bits per heavy atom. The van der Waals surface area contributed by atoms with E-state index < -0.39 is 0 Å². The standard InChI is InChI=1S/C17H26N2/c1-12-10-13(2)17(14(3)11-12)19-8-6-16(7-9-19)18-15-4-5-15/h10-11,15-16,18H,4-9H2,1-3H3. The SMILES string of the molecule is Cc1cc(C)c(N2CCC(NC3CC3)CC2)c(C)c1. The first-order valence-electron chi connectivity index (χ1n) is 7.72. The molecule has 0 unspecified atom stereocenters. The summed E-state index contributed by atoms with van der Waals surface area (Å²) in [5.41, 5.74) is 5.73. The van der Waals surface area contributed by atoms with Crippen LogP contribution in [-0.4, -0.2) is 25.2 Å². The third-order valence-electron chi connectivity index (χ3n) is 4.50. The molecule has 3 rings (SSSR count). The monoisotopic (exact) mass is 258 g/mol. The van der Waals surface area contributed by atoms with Gasteiger partial charge in [-0.2, -0.15) is 0 Å². The second-order valence-electron chi connectivity index (χ2n) is 6.45. The Morgan fingerprint density at radius 3 is 1.95 bits per heavy atom. The number of benzene rings is 1. The Balaban J connectivity index is 1.67. The van der Waals surface area contributed by atoms with E-state index in [1.165, 1.54) is 61.2 Å². The minimum atomic E-state index is 0.759. The van der Waals surface area contributed by atoms with Crippen molar-refractivity contribution >= 4 is 5.69 Å². The number of piperidine rings is 1. The second kappa shape index (κ2) is 5.16. The van der Waals surface area contributed by atoms with E-state index in [0.29, 0.717) is 0 Å². The fourth-order valence-electron chi connectivity index (χ4n) is 3.52. The molecule has 1 saturated heterocycles. The summed E-state index contributed by atoms with van der Waals surface area (Å²) in [4.78, 5) is 2.59. The molecule has 2 nitrogen and oxygen atoms in total. The molecule has 104 valence electrons. The Kier molecular flexibility index (Phi) is 3.53. The number of rotatable bonds is 3. The molecule has 1 saturated carbocycles. The first-order chi connectivity index (χ1) is 9.13. The van der Waals surface area contributed by atoms with Gasteiger partial charge in [0.25, 0.3) is 0 Å². The van der Waals surface area contributed by atoms with E-state index in [4.69, 9.17) is 0 Å². The van der Waals surface area contributed by atoms with E-state index >= 15 is 0 Å². The average molecular weight is 258 g/mol. The normalized spacial score (nSPS) is 20.9. The van der Waals surface area contributed by atoms with E-state index in [0.717, 1.165) is 12.1 Å². The van der Waals surface area contributed by atoms with E-state index in [2.05, 4.69) is 43.1 Å². The Labute approximate surface area is 117 Å². The van der Waals surface area contributed by atoms with Crippen LogP contribution in [0.25, 0.3) is 0 Å². The molecule has 19 heavy (non-hydrogen) atoms. The van der Waals surface area contributed by atoms with Gasteiger partial charge >= 0.3 is 0 Å². The lowest BCUT2D eigenvalue weighted by Crippen LogP contribution is -2.43. The molecule has 2 fully saturated rings. The molecule has 1 heterocycles. The summed E-state index contributed by atoms with van der Waals surface area (Å²) in [6.45, 7) is 9.10.